The number of benzene rings is 1. The van der Waals surface area contributed by atoms with Gasteiger partial charge in [-0.25, -0.2) is 0 Å². The molecule has 1 heterocycles. The Balaban J connectivity index is 2.12. The van der Waals surface area contributed by atoms with Crippen LogP contribution in [-0.4, -0.2) is 13.0 Å². The fraction of sp³-hybridized carbons (Fsp3) is 0.400. The third-order valence-corrected chi connectivity index (χ3v) is 2.23. The van der Waals surface area contributed by atoms with Crippen molar-refractivity contribution >= 4 is 0 Å². The molecule has 88 valence electrons. The molecule has 1 saturated heterocycles. The summed E-state index contributed by atoms with van der Waals surface area (Å²) in [6.45, 7) is 0.551. The van der Waals surface area contributed by atoms with Crippen molar-refractivity contribution < 1.29 is 22.7 Å². The molecular formula is C10H10F3NO2. The maximum Gasteiger partial charge on any atom is 0.573 e. The minimum Gasteiger partial charge on any atom is -0.406 e. The summed E-state index contributed by atoms with van der Waals surface area (Å²) in [5.41, 5.74) is 3.45. The molecule has 1 aliphatic heterocycles. The average Bonchev–Trinajstić information content (AvgIpc) is 2.68. The highest BCUT2D eigenvalue weighted by Gasteiger charge is 2.31. The summed E-state index contributed by atoms with van der Waals surface area (Å²) in [4.78, 5) is 4.94. The smallest absolute Gasteiger partial charge is 0.406 e. The van der Waals surface area contributed by atoms with Crippen molar-refractivity contribution in [2.24, 2.45) is 0 Å². The molecule has 0 aromatic heterocycles. The number of hydrogen-bond donors (Lipinski definition) is 1. The molecule has 16 heavy (non-hydrogen) atoms. The van der Waals surface area contributed by atoms with E-state index in [9.17, 15) is 13.2 Å². The molecule has 0 saturated carbocycles. The van der Waals surface area contributed by atoms with E-state index in [1.165, 1.54) is 18.2 Å². The topological polar surface area (TPSA) is 30.5 Å². The molecule has 1 fully saturated rings. The van der Waals surface area contributed by atoms with E-state index in [0.29, 0.717) is 6.61 Å². The molecule has 6 heteroatoms. The van der Waals surface area contributed by atoms with Crippen molar-refractivity contribution in [2.75, 3.05) is 6.61 Å². The third-order valence-electron chi connectivity index (χ3n) is 2.23. The molecule has 0 aliphatic carbocycles. The summed E-state index contributed by atoms with van der Waals surface area (Å²) in [6, 6.07) is 5.82. The fourth-order valence-electron chi connectivity index (χ4n) is 1.56. The monoisotopic (exact) mass is 233 g/mol. The minimum atomic E-state index is -4.65. The molecule has 0 amide bonds. The van der Waals surface area contributed by atoms with Gasteiger partial charge in [0.15, 0.2) is 0 Å². The van der Waals surface area contributed by atoms with Gasteiger partial charge in [-0.2, -0.15) is 5.48 Å². The van der Waals surface area contributed by atoms with E-state index in [1.807, 2.05) is 0 Å². The first kappa shape index (κ1) is 11.2. The summed E-state index contributed by atoms with van der Waals surface area (Å²) in [5, 5.41) is 0. The molecule has 1 atom stereocenters. The normalized spacial score (nSPS) is 21.1. The lowest BCUT2D eigenvalue weighted by Crippen LogP contribution is -2.17. The lowest BCUT2D eigenvalue weighted by molar-refractivity contribution is -0.274. The Hall–Kier alpha value is -1.27. The number of rotatable bonds is 2. The van der Waals surface area contributed by atoms with Gasteiger partial charge in [-0.1, -0.05) is 12.1 Å². The van der Waals surface area contributed by atoms with E-state index in [2.05, 4.69) is 10.2 Å². The summed E-state index contributed by atoms with van der Waals surface area (Å²) in [6.07, 6.45) is -3.92. The minimum absolute atomic E-state index is 0.0724. The van der Waals surface area contributed by atoms with Crippen LogP contribution in [0, 0.1) is 0 Å². The zero-order valence-electron chi connectivity index (χ0n) is 8.25. The summed E-state index contributed by atoms with van der Waals surface area (Å²) >= 11 is 0. The molecule has 1 unspecified atom stereocenters. The molecule has 1 aromatic rings. The largest absolute Gasteiger partial charge is 0.573 e. The Morgan fingerprint density at radius 2 is 2.19 bits per heavy atom. The number of hydrogen-bond acceptors (Lipinski definition) is 3. The molecule has 0 radical (unpaired) electrons. The van der Waals surface area contributed by atoms with Gasteiger partial charge < -0.3 is 9.57 Å². The van der Waals surface area contributed by atoms with Crippen LogP contribution >= 0.6 is 0 Å². The molecule has 3 nitrogen and oxygen atoms in total. The van der Waals surface area contributed by atoms with Crippen molar-refractivity contribution in [2.45, 2.75) is 18.8 Å². The van der Waals surface area contributed by atoms with Gasteiger partial charge in [-0.05, 0) is 24.1 Å². The molecule has 1 aromatic carbocycles. The third kappa shape index (κ3) is 2.86. The Morgan fingerprint density at radius 1 is 1.38 bits per heavy atom. The Labute approximate surface area is 90.1 Å². The van der Waals surface area contributed by atoms with E-state index < -0.39 is 6.36 Å². The molecule has 0 bridgehead atoms. The van der Waals surface area contributed by atoms with Crippen molar-refractivity contribution in [3.05, 3.63) is 29.8 Å². The Kier molecular flexibility index (Phi) is 3.02. The first-order valence-corrected chi connectivity index (χ1v) is 4.77. The standard InChI is InChI=1S/C10H10F3NO2/c11-10(12,13)16-8-3-1-2-7(6-8)9-4-5-15-14-9/h1-3,6,9,14H,4-5H2. The average molecular weight is 233 g/mol. The van der Waals surface area contributed by atoms with Crippen LogP contribution < -0.4 is 10.2 Å². The predicted octanol–water partition coefficient (Wildman–Crippen LogP) is 2.55. The van der Waals surface area contributed by atoms with Crippen molar-refractivity contribution in [3.63, 3.8) is 0 Å². The van der Waals surface area contributed by atoms with Crippen LogP contribution in [0.5, 0.6) is 5.75 Å². The van der Waals surface area contributed by atoms with Crippen LogP contribution in [-0.2, 0) is 4.84 Å². The first-order chi connectivity index (χ1) is 7.54. The van der Waals surface area contributed by atoms with Gasteiger partial charge in [-0.3, -0.25) is 0 Å². The van der Waals surface area contributed by atoms with Gasteiger partial charge in [0, 0.05) is 0 Å². The molecular weight excluding hydrogens is 223 g/mol. The first-order valence-electron chi connectivity index (χ1n) is 4.77. The lowest BCUT2D eigenvalue weighted by atomic mass is 10.1. The van der Waals surface area contributed by atoms with Crippen molar-refractivity contribution in [1.82, 2.24) is 5.48 Å². The second-order valence-corrected chi connectivity index (χ2v) is 3.43. The van der Waals surface area contributed by atoms with Crippen LogP contribution in [0.4, 0.5) is 13.2 Å². The maximum absolute atomic E-state index is 12.0. The highest BCUT2D eigenvalue weighted by Crippen LogP contribution is 2.27. The summed E-state index contributed by atoms with van der Waals surface area (Å²) < 4.78 is 39.8. The van der Waals surface area contributed by atoms with Gasteiger partial charge in [0.25, 0.3) is 0 Å². The van der Waals surface area contributed by atoms with Crippen LogP contribution in [0.2, 0.25) is 0 Å². The lowest BCUT2D eigenvalue weighted by Gasteiger charge is -2.12. The summed E-state index contributed by atoms with van der Waals surface area (Å²) in [5.74, 6) is -0.210. The number of halogens is 3. The molecule has 2 rings (SSSR count). The van der Waals surface area contributed by atoms with Gasteiger partial charge in [-0.15, -0.1) is 13.2 Å². The van der Waals surface area contributed by atoms with E-state index in [4.69, 9.17) is 4.84 Å². The fourth-order valence-corrected chi connectivity index (χ4v) is 1.56. The quantitative estimate of drug-likeness (QED) is 0.851. The van der Waals surface area contributed by atoms with Crippen LogP contribution in [0.3, 0.4) is 0 Å². The predicted molar refractivity (Wildman–Crippen MR) is 49.6 cm³/mol. The van der Waals surface area contributed by atoms with Gasteiger partial charge in [0.05, 0.1) is 12.6 Å². The van der Waals surface area contributed by atoms with E-state index in [-0.39, 0.29) is 11.8 Å². The van der Waals surface area contributed by atoms with Crippen molar-refractivity contribution in [1.29, 1.82) is 0 Å². The molecule has 1 aliphatic rings. The van der Waals surface area contributed by atoms with Gasteiger partial charge in [0.1, 0.15) is 5.75 Å². The number of ether oxygens (including phenoxy) is 1. The van der Waals surface area contributed by atoms with Gasteiger partial charge >= 0.3 is 6.36 Å². The van der Waals surface area contributed by atoms with E-state index in [0.717, 1.165) is 12.0 Å². The molecule has 1 N–H and O–H groups in total. The van der Waals surface area contributed by atoms with Crippen LogP contribution in [0.25, 0.3) is 0 Å². The maximum atomic E-state index is 12.0. The number of alkyl halides is 3. The highest BCUT2D eigenvalue weighted by molar-refractivity contribution is 5.30. The Bertz CT molecular complexity index is 361. The second kappa shape index (κ2) is 4.31. The number of hydroxylamine groups is 1. The molecule has 0 spiro atoms. The van der Waals surface area contributed by atoms with E-state index in [1.54, 1.807) is 6.07 Å². The number of nitrogens with one attached hydrogen (secondary N) is 1. The van der Waals surface area contributed by atoms with Crippen LogP contribution in [0.15, 0.2) is 24.3 Å². The zero-order valence-corrected chi connectivity index (χ0v) is 8.25. The SMILES string of the molecule is FC(F)(F)Oc1cccc(C2CCON2)c1. The van der Waals surface area contributed by atoms with Crippen molar-refractivity contribution in [3.8, 4) is 5.75 Å². The van der Waals surface area contributed by atoms with Gasteiger partial charge in [0.2, 0.25) is 0 Å². The van der Waals surface area contributed by atoms with E-state index >= 15 is 0 Å². The Morgan fingerprint density at radius 3 is 2.81 bits per heavy atom. The van der Waals surface area contributed by atoms with Crippen LogP contribution in [0.1, 0.15) is 18.0 Å². The second-order valence-electron chi connectivity index (χ2n) is 3.43. The summed E-state index contributed by atoms with van der Waals surface area (Å²) in [7, 11) is 0. The zero-order chi connectivity index (χ0) is 11.6. The highest BCUT2D eigenvalue weighted by atomic mass is 19.4.